The van der Waals surface area contributed by atoms with Crippen molar-refractivity contribution in [3.63, 3.8) is 0 Å². The van der Waals surface area contributed by atoms with Gasteiger partial charge >= 0.3 is 5.97 Å². The van der Waals surface area contributed by atoms with Gasteiger partial charge in [0.25, 0.3) is 0 Å². The van der Waals surface area contributed by atoms with Gasteiger partial charge < -0.3 is 10.5 Å². The summed E-state index contributed by atoms with van der Waals surface area (Å²) in [4.78, 5) is 13.1. The van der Waals surface area contributed by atoms with Crippen LogP contribution < -0.4 is 5.73 Å². The fourth-order valence-electron chi connectivity index (χ4n) is 1.41. The first-order chi connectivity index (χ1) is 6.13. The normalized spacial score (nSPS) is 27.0. The Kier molecular flexibility index (Phi) is 3.69. The summed E-state index contributed by atoms with van der Waals surface area (Å²) < 4.78 is 4.92. The summed E-state index contributed by atoms with van der Waals surface area (Å²) in [6.07, 6.45) is 0. The van der Waals surface area contributed by atoms with Crippen molar-refractivity contribution >= 4 is 5.97 Å². The molecule has 0 aliphatic carbocycles. The van der Waals surface area contributed by atoms with Gasteiger partial charge in [0.05, 0.1) is 6.54 Å². The van der Waals surface area contributed by atoms with Crippen LogP contribution in [0.1, 0.15) is 13.8 Å². The zero-order valence-electron chi connectivity index (χ0n) is 8.32. The number of esters is 1. The van der Waals surface area contributed by atoms with Gasteiger partial charge in [-0.25, -0.2) is 0 Å². The minimum absolute atomic E-state index is 0.123. The highest BCUT2D eigenvalue weighted by molar-refractivity contribution is 5.72. The maximum Gasteiger partial charge on any atom is 0.320 e. The zero-order chi connectivity index (χ0) is 9.84. The third kappa shape index (κ3) is 2.97. The van der Waals surface area contributed by atoms with Crippen molar-refractivity contribution in [1.29, 1.82) is 0 Å². The largest absolute Gasteiger partial charge is 0.463 e. The Labute approximate surface area is 79.0 Å². The second-order valence-corrected chi connectivity index (χ2v) is 3.80. The minimum atomic E-state index is -0.123. The third-order valence-corrected chi connectivity index (χ3v) is 2.39. The lowest BCUT2D eigenvalue weighted by Crippen LogP contribution is -2.48. The van der Waals surface area contributed by atoms with Crippen molar-refractivity contribution in [2.75, 3.05) is 26.2 Å². The second kappa shape index (κ2) is 4.58. The molecule has 13 heavy (non-hydrogen) atoms. The van der Waals surface area contributed by atoms with Crippen LogP contribution in [0.2, 0.25) is 0 Å². The molecule has 1 saturated heterocycles. The zero-order valence-corrected chi connectivity index (χ0v) is 8.32. The van der Waals surface area contributed by atoms with Gasteiger partial charge in [-0.2, -0.15) is 0 Å². The first-order valence-corrected chi connectivity index (χ1v) is 4.73. The summed E-state index contributed by atoms with van der Waals surface area (Å²) in [6, 6.07) is 0.326. The maximum atomic E-state index is 11.0. The molecule has 1 aliphatic rings. The van der Waals surface area contributed by atoms with E-state index in [1.165, 1.54) is 0 Å². The van der Waals surface area contributed by atoms with Crippen molar-refractivity contribution in [2.45, 2.75) is 19.9 Å². The number of nitrogens with zero attached hydrogens (tertiary/aromatic N) is 1. The van der Waals surface area contributed by atoms with E-state index < -0.39 is 0 Å². The summed E-state index contributed by atoms with van der Waals surface area (Å²) in [7, 11) is 0. The van der Waals surface area contributed by atoms with Gasteiger partial charge in [-0.15, -0.1) is 0 Å². The van der Waals surface area contributed by atoms with E-state index in [1.54, 1.807) is 0 Å². The van der Waals surface area contributed by atoms with Crippen LogP contribution in [0.15, 0.2) is 0 Å². The monoisotopic (exact) mass is 186 g/mol. The van der Waals surface area contributed by atoms with E-state index in [0.717, 1.165) is 6.54 Å². The fraction of sp³-hybridized carbons (Fsp3) is 0.889. The summed E-state index contributed by atoms with van der Waals surface area (Å²) in [5, 5.41) is 0. The molecule has 0 bridgehead atoms. The molecule has 0 amide bonds. The van der Waals surface area contributed by atoms with Gasteiger partial charge in [0.1, 0.15) is 6.61 Å². The second-order valence-electron chi connectivity index (χ2n) is 3.80. The highest BCUT2D eigenvalue weighted by Crippen LogP contribution is 2.09. The van der Waals surface area contributed by atoms with E-state index in [-0.39, 0.29) is 5.97 Å². The molecule has 0 aromatic carbocycles. The Morgan fingerprint density at radius 2 is 2.46 bits per heavy atom. The van der Waals surface area contributed by atoms with Crippen molar-refractivity contribution < 1.29 is 9.53 Å². The number of nitrogens with two attached hydrogens (primary N) is 1. The average Bonchev–Trinajstić information content (AvgIpc) is 2.11. The number of hydrogen-bond acceptors (Lipinski definition) is 4. The van der Waals surface area contributed by atoms with Crippen LogP contribution in [-0.4, -0.2) is 43.2 Å². The standard InChI is InChI=1S/C9H18N2O2/c1-7(3-10)4-11-5-9(12)13-6-8(11)2/h7-8H,3-6,10H2,1-2H3. The first-order valence-electron chi connectivity index (χ1n) is 4.73. The van der Waals surface area contributed by atoms with Gasteiger partial charge in [0.2, 0.25) is 0 Å². The molecule has 2 atom stereocenters. The smallest absolute Gasteiger partial charge is 0.320 e. The predicted octanol–water partition coefficient (Wildman–Crippen LogP) is -0.171. The number of ether oxygens (including phenoxy) is 1. The lowest BCUT2D eigenvalue weighted by atomic mass is 10.1. The van der Waals surface area contributed by atoms with Crippen LogP contribution in [-0.2, 0) is 9.53 Å². The van der Waals surface area contributed by atoms with E-state index in [4.69, 9.17) is 10.5 Å². The Morgan fingerprint density at radius 1 is 1.77 bits per heavy atom. The van der Waals surface area contributed by atoms with Crippen LogP contribution in [0.25, 0.3) is 0 Å². The molecular weight excluding hydrogens is 168 g/mol. The topological polar surface area (TPSA) is 55.6 Å². The minimum Gasteiger partial charge on any atom is -0.463 e. The van der Waals surface area contributed by atoms with E-state index in [1.807, 2.05) is 0 Å². The van der Waals surface area contributed by atoms with E-state index >= 15 is 0 Å². The third-order valence-electron chi connectivity index (χ3n) is 2.39. The molecule has 1 aliphatic heterocycles. The van der Waals surface area contributed by atoms with E-state index in [0.29, 0.717) is 31.7 Å². The Balaban J connectivity index is 2.41. The number of cyclic esters (lactones) is 1. The van der Waals surface area contributed by atoms with Crippen molar-refractivity contribution in [3.8, 4) is 0 Å². The van der Waals surface area contributed by atoms with Gasteiger partial charge in [-0.3, -0.25) is 9.69 Å². The van der Waals surface area contributed by atoms with Crippen molar-refractivity contribution in [2.24, 2.45) is 11.7 Å². The Bertz CT molecular complexity index is 184. The molecule has 0 saturated carbocycles. The van der Waals surface area contributed by atoms with Crippen LogP contribution in [0.3, 0.4) is 0 Å². The first kappa shape index (κ1) is 10.5. The number of morpholine rings is 1. The molecule has 2 unspecified atom stereocenters. The molecule has 76 valence electrons. The number of hydrogen-bond donors (Lipinski definition) is 1. The summed E-state index contributed by atoms with van der Waals surface area (Å²) in [6.45, 7) is 6.62. The highest BCUT2D eigenvalue weighted by Gasteiger charge is 2.25. The molecule has 0 aromatic heterocycles. The SMILES string of the molecule is CC(CN)CN1CC(=O)OCC1C. The van der Waals surface area contributed by atoms with Crippen LogP contribution in [0.5, 0.6) is 0 Å². The molecule has 4 nitrogen and oxygen atoms in total. The van der Waals surface area contributed by atoms with E-state index in [9.17, 15) is 4.79 Å². The van der Waals surface area contributed by atoms with Gasteiger partial charge in [-0.05, 0) is 19.4 Å². The Hall–Kier alpha value is -0.610. The molecule has 0 aromatic rings. The highest BCUT2D eigenvalue weighted by atomic mass is 16.5. The summed E-state index contributed by atoms with van der Waals surface area (Å²) in [5.41, 5.74) is 5.53. The van der Waals surface area contributed by atoms with Crippen LogP contribution >= 0.6 is 0 Å². The average molecular weight is 186 g/mol. The lowest BCUT2D eigenvalue weighted by molar-refractivity contribution is -0.154. The molecule has 0 radical (unpaired) electrons. The Morgan fingerprint density at radius 3 is 3.08 bits per heavy atom. The molecule has 0 spiro atoms. The van der Waals surface area contributed by atoms with Crippen LogP contribution in [0.4, 0.5) is 0 Å². The number of carbonyl (C=O) groups is 1. The lowest BCUT2D eigenvalue weighted by Gasteiger charge is -2.33. The quantitative estimate of drug-likeness (QED) is 0.622. The van der Waals surface area contributed by atoms with Gasteiger partial charge in [0, 0.05) is 12.6 Å². The van der Waals surface area contributed by atoms with Crippen molar-refractivity contribution in [1.82, 2.24) is 4.90 Å². The number of carbonyl (C=O) groups excluding carboxylic acids is 1. The summed E-state index contributed by atoms with van der Waals surface area (Å²) >= 11 is 0. The fourth-order valence-corrected chi connectivity index (χ4v) is 1.41. The molecular formula is C9H18N2O2. The molecule has 2 N–H and O–H groups in total. The van der Waals surface area contributed by atoms with Gasteiger partial charge in [0.15, 0.2) is 0 Å². The van der Waals surface area contributed by atoms with Crippen LogP contribution in [0, 0.1) is 5.92 Å². The maximum absolute atomic E-state index is 11.0. The molecule has 4 heteroatoms. The molecule has 1 fully saturated rings. The predicted molar refractivity (Wildman–Crippen MR) is 50.2 cm³/mol. The van der Waals surface area contributed by atoms with Gasteiger partial charge in [-0.1, -0.05) is 6.92 Å². The molecule has 1 heterocycles. The van der Waals surface area contributed by atoms with Crippen molar-refractivity contribution in [3.05, 3.63) is 0 Å². The summed E-state index contributed by atoms with van der Waals surface area (Å²) in [5.74, 6) is 0.315. The number of rotatable bonds is 3. The molecule has 1 rings (SSSR count). The van der Waals surface area contributed by atoms with E-state index in [2.05, 4.69) is 18.7 Å².